The lowest BCUT2D eigenvalue weighted by molar-refractivity contribution is 0.141. The van der Waals surface area contributed by atoms with Gasteiger partial charge in [0.25, 0.3) is 0 Å². The zero-order valence-corrected chi connectivity index (χ0v) is 5.84. The van der Waals surface area contributed by atoms with Gasteiger partial charge in [0.2, 0.25) is 0 Å². The van der Waals surface area contributed by atoms with Crippen molar-refractivity contribution in [1.82, 2.24) is 0 Å². The second kappa shape index (κ2) is 3.18. The van der Waals surface area contributed by atoms with Crippen molar-refractivity contribution < 1.29 is 9.84 Å². The Labute approximate surface area is 55.8 Å². The number of aliphatic hydroxyl groups is 1. The van der Waals surface area contributed by atoms with Crippen molar-refractivity contribution in [3.63, 3.8) is 0 Å². The third kappa shape index (κ3) is 2.33. The molecule has 1 heterocycles. The zero-order valence-electron chi connectivity index (χ0n) is 5.84. The zero-order chi connectivity index (χ0) is 6.69. The fraction of sp³-hybridized carbons (Fsp3) is 1.00. The maximum absolute atomic E-state index is 8.96. The molecule has 2 atom stereocenters. The van der Waals surface area contributed by atoms with Crippen LogP contribution in [0.1, 0.15) is 19.8 Å². The molecule has 0 aliphatic carbocycles. The molecular formula is C7H14O2. The predicted octanol–water partition coefficient (Wildman–Crippen LogP) is 0.794. The molecule has 2 heteroatoms. The molecular weight excluding hydrogens is 116 g/mol. The average Bonchev–Trinajstić information content (AvgIpc) is 2.15. The predicted molar refractivity (Wildman–Crippen MR) is 35.2 cm³/mol. The van der Waals surface area contributed by atoms with Crippen LogP contribution in [0.5, 0.6) is 0 Å². The molecule has 2 nitrogen and oxygen atoms in total. The Balaban J connectivity index is 2.11. The molecule has 1 aliphatic heterocycles. The number of aliphatic hydroxyl groups excluding tert-OH is 1. The molecule has 1 saturated heterocycles. The SMILES string of the molecule is C[C@@H](O)C[C@@H]1CCOC1. The fourth-order valence-corrected chi connectivity index (χ4v) is 1.25. The molecule has 1 aliphatic rings. The average molecular weight is 130 g/mol. The van der Waals surface area contributed by atoms with E-state index in [0.29, 0.717) is 5.92 Å². The number of rotatable bonds is 2. The second-order valence-electron chi connectivity index (χ2n) is 2.81. The second-order valence-corrected chi connectivity index (χ2v) is 2.81. The van der Waals surface area contributed by atoms with Crippen molar-refractivity contribution in [2.45, 2.75) is 25.9 Å². The van der Waals surface area contributed by atoms with Gasteiger partial charge >= 0.3 is 0 Å². The lowest BCUT2D eigenvalue weighted by atomic mass is 10.0. The van der Waals surface area contributed by atoms with Gasteiger partial charge in [0.05, 0.1) is 6.10 Å². The van der Waals surface area contributed by atoms with Gasteiger partial charge in [0.15, 0.2) is 0 Å². The Morgan fingerprint density at radius 2 is 2.56 bits per heavy atom. The summed E-state index contributed by atoms with van der Waals surface area (Å²) in [4.78, 5) is 0. The summed E-state index contributed by atoms with van der Waals surface area (Å²) in [6.45, 7) is 3.57. The minimum Gasteiger partial charge on any atom is -0.393 e. The van der Waals surface area contributed by atoms with Crippen LogP contribution in [0.15, 0.2) is 0 Å². The highest BCUT2D eigenvalue weighted by Gasteiger charge is 2.16. The fourth-order valence-electron chi connectivity index (χ4n) is 1.25. The highest BCUT2D eigenvalue weighted by molar-refractivity contribution is 4.66. The van der Waals surface area contributed by atoms with Crippen molar-refractivity contribution in [3.8, 4) is 0 Å². The van der Waals surface area contributed by atoms with Crippen LogP contribution >= 0.6 is 0 Å². The van der Waals surface area contributed by atoms with E-state index in [9.17, 15) is 0 Å². The molecule has 0 radical (unpaired) electrons. The Morgan fingerprint density at radius 1 is 1.78 bits per heavy atom. The lowest BCUT2D eigenvalue weighted by Crippen LogP contribution is -2.09. The quantitative estimate of drug-likeness (QED) is 0.599. The van der Waals surface area contributed by atoms with Crippen LogP contribution in [0.2, 0.25) is 0 Å². The van der Waals surface area contributed by atoms with Crippen LogP contribution < -0.4 is 0 Å². The van der Waals surface area contributed by atoms with Crippen molar-refractivity contribution >= 4 is 0 Å². The molecule has 1 fully saturated rings. The molecule has 9 heavy (non-hydrogen) atoms. The van der Waals surface area contributed by atoms with Crippen LogP contribution in [0, 0.1) is 5.92 Å². The Hall–Kier alpha value is -0.0800. The van der Waals surface area contributed by atoms with Gasteiger partial charge in [0, 0.05) is 13.2 Å². The summed E-state index contributed by atoms with van der Waals surface area (Å²) in [5.41, 5.74) is 0. The van der Waals surface area contributed by atoms with Crippen LogP contribution in [0.3, 0.4) is 0 Å². The van der Waals surface area contributed by atoms with E-state index in [1.165, 1.54) is 0 Å². The van der Waals surface area contributed by atoms with Gasteiger partial charge in [0.1, 0.15) is 0 Å². The minimum atomic E-state index is -0.156. The van der Waals surface area contributed by atoms with Crippen molar-refractivity contribution in [3.05, 3.63) is 0 Å². The van der Waals surface area contributed by atoms with E-state index >= 15 is 0 Å². The van der Waals surface area contributed by atoms with Crippen LogP contribution in [-0.4, -0.2) is 24.4 Å². The van der Waals surface area contributed by atoms with Gasteiger partial charge in [-0.15, -0.1) is 0 Å². The topological polar surface area (TPSA) is 29.5 Å². The summed E-state index contributed by atoms with van der Waals surface area (Å²) in [7, 11) is 0. The van der Waals surface area contributed by atoms with E-state index in [1.54, 1.807) is 0 Å². The van der Waals surface area contributed by atoms with Gasteiger partial charge in [-0.1, -0.05) is 0 Å². The summed E-state index contributed by atoms with van der Waals surface area (Å²) < 4.78 is 5.15. The third-order valence-corrected chi connectivity index (χ3v) is 1.70. The molecule has 0 amide bonds. The van der Waals surface area contributed by atoms with Gasteiger partial charge < -0.3 is 9.84 Å². The highest BCUT2D eigenvalue weighted by atomic mass is 16.5. The first kappa shape index (κ1) is 7.03. The first-order chi connectivity index (χ1) is 4.29. The summed E-state index contributed by atoms with van der Waals surface area (Å²) in [5.74, 6) is 0.616. The van der Waals surface area contributed by atoms with Gasteiger partial charge in [-0.25, -0.2) is 0 Å². The molecule has 0 aromatic rings. The Kier molecular flexibility index (Phi) is 2.49. The number of ether oxygens (including phenoxy) is 1. The molecule has 0 aromatic carbocycles. The van der Waals surface area contributed by atoms with Crippen molar-refractivity contribution in [2.24, 2.45) is 5.92 Å². The first-order valence-electron chi connectivity index (χ1n) is 3.55. The largest absolute Gasteiger partial charge is 0.393 e. The van der Waals surface area contributed by atoms with Crippen LogP contribution in [-0.2, 0) is 4.74 Å². The monoisotopic (exact) mass is 130 g/mol. The highest BCUT2D eigenvalue weighted by Crippen LogP contribution is 2.17. The van der Waals surface area contributed by atoms with E-state index < -0.39 is 0 Å². The molecule has 54 valence electrons. The minimum absolute atomic E-state index is 0.156. The molecule has 0 aromatic heterocycles. The van der Waals surface area contributed by atoms with Gasteiger partial charge in [-0.3, -0.25) is 0 Å². The summed E-state index contributed by atoms with van der Waals surface area (Å²) in [6.07, 6.45) is 1.88. The summed E-state index contributed by atoms with van der Waals surface area (Å²) >= 11 is 0. The number of hydrogen-bond donors (Lipinski definition) is 1. The maximum Gasteiger partial charge on any atom is 0.0515 e. The van der Waals surface area contributed by atoms with E-state index in [2.05, 4.69) is 0 Å². The lowest BCUT2D eigenvalue weighted by Gasteiger charge is -2.08. The maximum atomic E-state index is 8.96. The number of hydrogen-bond acceptors (Lipinski definition) is 2. The molecule has 0 unspecified atom stereocenters. The van der Waals surface area contributed by atoms with Gasteiger partial charge in [-0.05, 0) is 25.7 Å². The molecule has 0 spiro atoms. The van der Waals surface area contributed by atoms with Crippen molar-refractivity contribution in [1.29, 1.82) is 0 Å². The van der Waals surface area contributed by atoms with Crippen LogP contribution in [0.25, 0.3) is 0 Å². The van der Waals surface area contributed by atoms with E-state index in [1.807, 2.05) is 6.92 Å². The Bertz CT molecular complexity index is 75.0. The Morgan fingerprint density at radius 3 is 3.00 bits per heavy atom. The van der Waals surface area contributed by atoms with E-state index in [4.69, 9.17) is 9.84 Å². The normalized spacial score (nSPS) is 30.7. The summed E-state index contributed by atoms with van der Waals surface area (Å²) in [5, 5.41) is 8.96. The van der Waals surface area contributed by atoms with E-state index in [-0.39, 0.29) is 6.10 Å². The molecule has 0 bridgehead atoms. The van der Waals surface area contributed by atoms with Gasteiger partial charge in [-0.2, -0.15) is 0 Å². The molecule has 1 N–H and O–H groups in total. The molecule has 1 rings (SSSR count). The third-order valence-electron chi connectivity index (χ3n) is 1.70. The molecule has 0 saturated carbocycles. The van der Waals surface area contributed by atoms with Crippen molar-refractivity contribution in [2.75, 3.05) is 13.2 Å². The first-order valence-corrected chi connectivity index (χ1v) is 3.55. The van der Waals surface area contributed by atoms with Crippen LogP contribution in [0.4, 0.5) is 0 Å². The smallest absolute Gasteiger partial charge is 0.0515 e. The summed E-state index contributed by atoms with van der Waals surface area (Å²) in [6, 6.07) is 0. The standard InChI is InChI=1S/C7H14O2/c1-6(8)4-7-2-3-9-5-7/h6-8H,2-5H2,1H3/t6-,7+/m1/s1. The van der Waals surface area contributed by atoms with E-state index in [0.717, 1.165) is 26.1 Å².